The highest BCUT2D eigenvalue weighted by Crippen LogP contribution is 2.29. The molecule has 178 valence electrons. The predicted molar refractivity (Wildman–Crippen MR) is 130 cm³/mol. The molecule has 0 saturated heterocycles. The minimum Gasteiger partial charge on any atom is -0.495 e. The molecule has 0 saturated carbocycles. The maximum Gasteiger partial charge on any atom is 0.246 e. The van der Waals surface area contributed by atoms with Crippen LogP contribution in [0.3, 0.4) is 0 Å². The molecule has 0 aliphatic carbocycles. The normalized spacial score (nSPS) is 13.5. The molecule has 0 atom stereocenters. The van der Waals surface area contributed by atoms with Crippen LogP contribution in [-0.2, 0) is 21.2 Å². The molecule has 1 N–H and O–H groups in total. The number of likely N-dealkylation sites (N-methyl/N-ethyl adjacent to an activating group) is 1. The third-order valence-corrected chi connectivity index (χ3v) is 7.63. The summed E-state index contributed by atoms with van der Waals surface area (Å²) in [6, 6.07) is 12.5. The Kier molecular flexibility index (Phi) is 8.34. The number of methoxy groups -OCH3 is 1. The Balaban J connectivity index is 1.52. The molecule has 8 nitrogen and oxygen atoms in total. The second-order valence-corrected chi connectivity index (χ2v) is 10.2. The number of ether oxygens (including phenoxy) is 1. The van der Waals surface area contributed by atoms with Crippen LogP contribution in [0, 0.1) is 0 Å². The van der Waals surface area contributed by atoms with Crippen LogP contribution in [0.25, 0.3) is 0 Å². The van der Waals surface area contributed by atoms with E-state index in [9.17, 15) is 13.2 Å². The molecule has 1 aliphatic rings. The molecular formula is C23H29ClN4O4S. The number of sulfonamides is 1. The first-order valence-electron chi connectivity index (χ1n) is 10.6. The largest absolute Gasteiger partial charge is 0.495 e. The predicted octanol–water partition coefficient (Wildman–Crippen LogP) is 2.41. The standard InChI is InChI=1S/C23H29ClN4O4S/c1-27(14-10-17-4-6-18(7-5-17)23-25-12-13-26-23)22(29)11-15-28(2)33(30,31)21-16-19(24)8-9-20(21)32-3/h4-9,16H,10-15H2,1-3H3,(H,25,26). The summed E-state index contributed by atoms with van der Waals surface area (Å²) in [4.78, 5) is 18.6. The number of aliphatic imine (C=N–C) groups is 1. The fourth-order valence-corrected chi connectivity index (χ4v) is 5.01. The zero-order valence-electron chi connectivity index (χ0n) is 19.0. The van der Waals surface area contributed by atoms with Crippen molar-refractivity contribution in [1.29, 1.82) is 0 Å². The lowest BCUT2D eigenvalue weighted by atomic mass is 10.1. The van der Waals surface area contributed by atoms with Gasteiger partial charge in [-0.2, -0.15) is 0 Å². The van der Waals surface area contributed by atoms with E-state index in [1.54, 1.807) is 18.0 Å². The van der Waals surface area contributed by atoms with Crippen molar-refractivity contribution >= 4 is 33.4 Å². The van der Waals surface area contributed by atoms with Crippen LogP contribution in [0.15, 0.2) is 52.4 Å². The summed E-state index contributed by atoms with van der Waals surface area (Å²) >= 11 is 5.97. The summed E-state index contributed by atoms with van der Waals surface area (Å²) in [5.41, 5.74) is 2.17. The van der Waals surface area contributed by atoms with Gasteiger partial charge < -0.3 is 15.0 Å². The van der Waals surface area contributed by atoms with Crippen molar-refractivity contribution < 1.29 is 17.9 Å². The van der Waals surface area contributed by atoms with Gasteiger partial charge in [0.1, 0.15) is 16.5 Å². The monoisotopic (exact) mass is 492 g/mol. The summed E-state index contributed by atoms with van der Waals surface area (Å²) in [6.07, 6.45) is 0.774. The van der Waals surface area contributed by atoms with Crippen LogP contribution in [-0.4, -0.2) is 76.7 Å². The van der Waals surface area contributed by atoms with Gasteiger partial charge in [0.25, 0.3) is 0 Å². The molecule has 0 fully saturated rings. The molecule has 1 amide bonds. The number of halogens is 1. The Morgan fingerprint density at radius 1 is 1.15 bits per heavy atom. The first-order valence-corrected chi connectivity index (χ1v) is 12.5. The van der Waals surface area contributed by atoms with E-state index >= 15 is 0 Å². The molecule has 1 heterocycles. The molecule has 10 heteroatoms. The SMILES string of the molecule is COc1ccc(Cl)cc1S(=O)(=O)N(C)CCC(=O)N(C)CCc1ccc(C2=NCCN2)cc1. The molecule has 0 aromatic heterocycles. The van der Waals surface area contributed by atoms with Crippen LogP contribution in [0.2, 0.25) is 5.02 Å². The summed E-state index contributed by atoms with van der Waals surface area (Å²) < 4.78 is 32.2. The Bertz CT molecular complexity index is 1120. The van der Waals surface area contributed by atoms with E-state index < -0.39 is 10.0 Å². The number of amidine groups is 1. The Morgan fingerprint density at radius 3 is 2.52 bits per heavy atom. The molecule has 2 aromatic carbocycles. The summed E-state index contributed by atoms with van der Waals surface area (Å²) in [5, 5.41) is 3.54. The Hall–Kier alpha value is -2.62. The lowest BCUT2D eigenvalue weighted by Gasteiger charge is -2.21. The van der Waals surface area contributed by atoms with Gasteiger partial charge in [-0.05, 0) is 30.2 Å². The molecule has 2 aromatic rings. The van der Waals surface area contributed by atoms with Gasteiger partial charge in [0.05, 0.1) is 13.7 Å². The number of benzene rings is 2. The van der Waals surface area contributed by atoms with Crippen molar-refractivity contribution in [3.05, 3.63) is 58.6 Å². The molecule has 0 spiro atoms. The number of amides is 1. The van der Waals surface area contributed by atoms with Crippen molar-refractivity contribution in [3.8, 4) is 5.75 Å². The van der Waals surface area contributed by atoms with Gasteiger partial charge in [0.15, 0.2) is 0 Å². The third kappa shape index (κ3) is 6.25. The van der Waals surface area contributed by atoms with E-state index in [1.165, 1.54) is 26.3 Å². The molecule has 0 bridgehead atoms. The van der Waals surface area contributed by atoms with E-state index in [2.05, 4.69) is 10.3 Å². The van der Waals surface area contributed by atoms with Crippen molar-refractivity contribution in [3.63, 3.8) is 0 Å². The van der Waals surface area contributed by atoms with Crippen molar-refractivity contribution in [2.24, 2.45) is 4.99 Å². The first-order chi connectivity index (χ1) is 15.7. The molecule has 0 radical (unpaired) electrons. The van der Waals surface area contributed by atoms with Gasteiger partial charge in [0.2, 0.25) is 15.9 Å². The zero-order valence-corrected chi connectivity index (χ0v) is 20.6. The highest BCUT2D eigenvalue weighted by Gasteiger charge is 2.26. The van der Waals surface area contributed by atoms with Crippen LogP contribution in [0.1, 0.15) is 17.5 Å². The number of hydrogen-bond donors (Lipinski definition) is 1. The van der Waals surface area contributed by atoms with Crippen LogP contribution in [0.5, 0.6) is 5.75 Å². The third-order valence-electron chi connectivity index (χ3n) is 5.52. The second-order valence-electron chi connectivity index (χ2n) is 7.79. The van der Waals surface area contributed by atoms with Gasteiger partial charge in [-0.15, -0.1) is 0 Å². The van der Waals surface area contributed by atoms with Crippen molar-refractivity contribution in [2.45, 2.75) is 17.7 Å². The molecular weight excluding hydrogens is 464 g/mol. The highest BCUT2D eigenvalue weighted by atomic mass is 35.5. The average Bonchev–Trinajstić information content (AvgIpc) is 3.36. The van der Waals surface area contributed by atoms with Crippen molar-refractivity contribution in [1.82, 2.24) is 14.5 Å². The lowest BCUT2D eigenvalue weighted by molar-refractivity contribution is -0.129. The highest BCUT2D eigenvalue weighted by molar-refractivity contribution is 7.89. The molecule has 3 rings (SSSR count). The Morgan fingerprint density at radius 2 is 1.88 bits per heavy atom. The van der Waals surface area contributed by atoms with E-state index in [0.29, 0.717) is 18.0 Å². The topological polar surface area (TPSA) is 91.3 Å². The van der Waals surface area contributed by atoms with Gasteiger partial charge in [0, 0.05) is 50.7 Å². The first kappa shape index (κ1) is 25.0. The van der Waals surface area contributed by atoms with Gasteiger partial charge in [-0.3, -0.25) is 9.79 Å². The number of carbonyl (C=O) groups is 1. The van der Waals surface area contributed by atoms with E-state index in [-0.39, 0.29) is 29.5 Å². The number of hydrogen-bond acceptors (Lipinski definition) is 6. The van der Waals surface area contributed by atoms with Crippen molar-refractivity contribution in [2.75, 3.05) is 47.4 Å². The van der Waals surface area contributed by atoms with Crippen LogP contribution in [0.4, 0.5) is 0 Å². The van der Waals surface area contributed by atoms with E-state index in [1.807, 2.05) is 24.3 Å². The number of nitrogens with one attached hydrogen (secondary N) is 1. The number of carbonyl (C=O) groups excluding carboxylic acids is 1. The van der Waals surface area contributed by atoms with E-state index in [4.69, 9.17) is 16.3 Å². The van der Waals surface area contributed by atoms with Gasteiger partial charge in [-0.25, -0.2) is 12.7 Å². The summed E-state index contributed by atoms with van der Waals surface area (Å²) in [6.45, 7) is 2.25. The smallest absolute Gasteiger partial charge is 0.246 e. The zero-order chi connectivity index (χ0) is 24.0. The summed E-state index contributed by atoms with van der Waals surface area (Å²) in [7, 11) is 0.706. The van der Waals surface area contributed by atoms with E-state index in [0.717, 1.165) is 34.4 Å². The van der Waals surface area contributed by atoms with Crippen LogP contribution < -0.4 is 10.1 Å². The van der Waals surface area contributed by atoms with Gasteiger partial charge in [-0.1, -0.05) is 35.9 Å². The average molecular weight is 493 g/mol. The Labute approximate surface area is 200 Å². The minimum absolute atomic E-state index is 0.0250. The molecule has 0 unspecified atom stereocenters. The minimum atomic E-state index is -3.85. The maximum atomic E-state index is 12.9. The summed E-state index contributed by atoms with van der Waals surface area (Å²) in [5.74, 6) is 0.996. The lowest BCUT2D eigenvalue weighted by Crippen LogP contribution is -2.34. The number of nitrogens with zero attached hydrogens (tertiary/aromatic N) is 3. The van der Waals surface area contributed by atoms with Gasteiger partial charge >= 0.3 is 0 Å². The fourth-order valence-electron chi connectivity index (χ4n) is 3.43. The molecule has 33 heavy (non-hydrogen) atoms. The fraction of sp³-hybridized carbons (Fsp3) is 0.391. The quantitative estimate of drug-likeness (QED) is 0.550. The maximum absolute atomic E-state index is 12.9. The molecule has 1 aliphatic heterocycles. The number of rotatable bonds is 10. The van der Waals surface area contributed by atoms with Crippen LogP contribution >= 0.6 is 11.6 Å². The second kappa shape index (κ2) is 11.0.